The lowest BCUT2D eigenvalue weighted by Crippen LogP contribution is -2.22. The quantitative estimate of drug-likeness (QED) is 0.401. The second kappa shape index (κ2) is 2.57. The highest BCUT2D eigenvalue weighted by Gasteiger charge is 2.26. The molecule has 0 aliphatic heterocycles. The number of hydrogen-bond donors (Lipinski definition) is 0. The first-order valence-electron chi connectivity index (χ1n) is 3.82. The van der Waals surface area contributed by atoms with E-state index in [-0.39, 0.29) is 5.41 Å². The molecule has 0 fully saturated rings. The summed E-state index contributed by atoms with van der Waals surface area (Å²) in [7, 11) is 0. The summed E-state index contributed by atoms with van der Waals surface area (Å²) < 4.78 is 0. The van der Waals surface area contributed by atoms with Crippen LogP contribution < -0.4 is 0 Å². The molecule has 0 heterocycles. The maximum absolute atomic E-state index is 10.7. The Labute approximate surface area is 62.1 Å². The Morgan fingerprint density at radius 1 is 1.70 bits per heavy atom. The van der Waals surface area contributed by atoms with E-state index in [4.69, 9.17) is 0 Å². The van der Waals surface area contributed by atoms with Gasteiger partial charge in [-0.1, -0.05) is 11.6 Å². The maximum Gasteiger partial charge on any atom is 0.129 e. The van der Waals surface area contributed by atoms with Gasteiger partial charge in [-0.05, 0) is 33.1 Å². The van der Waals surface area contributed by atoms with Crippen molar-refractivity contribution < 1.29 is 4.79 Å². The number of aldehydes is 1. The largest absolute Gasteiger partial charge is 0.302 e. The molecular formula is C9H14O. The molecule has 0 bridgehead atoms. The number of allylic oxidation sites excluding steroid dienone is 2. The average Bonchev–Trinajstić information content (AvgIpc) is 1.96. The Morgan fingerprint density at radius 2 is 2.40 bits per heavy atom. The summed E-state index contributed by atoms with van der Waals surface area (Å²) in [5, 5.41) is 0. The Morgan fingerprint density at radius 3 is 2.80 bits per heavy atom. The molecule has 0 amide bonds. The van der Waals surface area contributed by atoms with Crippen molar-refractivity contribution in [2.24, 2.45) is 5.41 Å². The zero-order valence-electron chi connectivity index (χ0n) is 6.68. The van der Waals surface area contributed by atoms with E-state index in [0.29, 0.717) is 0 Å². The fourth-order valence-electron chi connectivity index (χ4n) is 1.37. The third kappa shape index (κ3) is 1.13. The Kier molecular flexibility index (Phi) is 1.93. The molecule has 1 nitrogen and oxygen atoms in total. The number of carbonyl (C=O) groups is 1. The van der Waals surface area contributed by atoms with Gasteiger partial charge in [0.25, 0.3) is 0 Å². The van der Waals surface area contributed by atoms with E-state index in [1.54, 1.807) is 0 Å². The normalized spacial score (nSPS) is 33.2. The molecule has 0 saturated heterocycles. The molecule has 0 radical (unpaired) electrons. The number of hydrogen-bond acceptors (Lipinski definition) is 1. The van der Waals surface area contributed by atoms with Crippen molar-refractivity contribution in [1.29, 1.82) is 0 Å². The van der Waals surface area contributed by atoms with Crippen molar-refractivity contribution in [1.82, 2.24) is 0 Å². The third-order valence-corrected chi connectivity index (χ3v) is 2.51. The van der Waals surface area contributed by atoms with E-state index >= 15 is 0 Å². The van der Waals surface area contributed by atoms with Gasteiger partial charge in [0.2, 0.25) is 0 Å². The lowest BCUT2D eigenvalue weighted by Gasteiger charge is -2.27. The molecule has 0 aromatic carbocycles. The molecule has 0 unspecified atom stereocenters. The summed E-state index contributed by atoms with van der Waals surface area (Å²) >= 11 is 0. The van der Waals surface area contributed by atoms with Crippen molar-refractivity contribution in [3.05, 3.63) is 11.6 Å². The lowest BCUT2D eigenvalue weighted by atomic mass is 9.76. The zero-order valence-corrected chi connectivity index (χ0v) is 6.68. The van der Waals surface area contributed by atoms with Gasteiger partial charge < -0.3 is 4.79 Å². The van der Waals surface area contributed by atoms with E-state index in [1.807, 2.05) is 13.8 Å². The van der Waals surface area contributed by atoms with Gasteiger partial charge in [0.1, 0.15) is 6.29 Å². The highest BCUT2D eigenvalue weighted by atomic mass is 16.1. The predicted octanol–water partition coefficient (Wildman–Crippen LogP) is 2.32. The molecule has 0 aromatic heterocycles. The van der Waals surface area contributed by atoms with Crippen LogP contribution >= 0.6 is 0 Å². The molecule has 1 atom stereocenters. The van der Waals surface area contributed by atoms with Crippen molar-refractivity contribution in [3.8, 4) is 0 Å². The molecule has 0 saturated carbocycles. The first-order chi connectivity index (χ1) is 4.69. The summed E-state index contributed by atoms with van der Waals surface area (Å²) in [6.45, 7) is 4.07. The molecule has 0 aromatic rings. The second-order valence-electron chi connectivity index (χ2n) is 3.31. The van der Waals surface area contributed by atoms with Gasteiger partial charge in [-0.2, -0.15) is 0 Å². The summed E-state index contributed by atoms with van der Waals surface area (Å²) in [6, 6.07) is 0. The van der Waals surface area contributed by atoms with Crippen LogP contribution in [0.1, 0.15) is 33.1 Å². The van der Waals surface area contributed by atoms with E-state index in [2.05, 4.69) is 6.08 Å². The summed E-state index contributed by atoms with van der Waals surface area (Å²) in [4.78, 5) is 10.7. The van der Waals surface area contributed by atoms with Crippen molar-refractivity contribution in [2.45, 2.75) is 33.1 Å². The van der Waals surface area contributed by atoms with Crippen LogP contribution in [0, 0.1) is 5.41 Å². The van der Waals surface area contributed by atoms with Crippen LogP contribution in [0.3, 0.4) is 0 Å². The molecule has 1 aliphatic carbocycles. The fraction of sp³-hybridized carbons (Fsp3) is 0.667. The van der Waals surface area contributed by atoms with Crippen LogP contribution in [0.5, 0.6) is 0 Å². The highest BCUT2D eigenvalue weighted by Crippen LogP contribution is 2.34. The smallest absolute Gasteiger partial charge is 0.129 e. The van der Waals surface area contributed by atoms with Crippen LogP contribution in [0.4, 0.5) is 0 Å². The van der Waals surface area contributed by atoms with E-state index in [1.165, 1.54) is 5.57 Å². The molecule has 0 spiro atoms. The van der Waals surface area contributed by atoms with E-state index in [0.717, 1.165) is 25.5 Å². The SMILES string of the molecule is CC1=CCCC[C@@]1(C)C=O. The molecule has 10 heavy (non-hydrogen) atoms. The number of carbonyl (C=O) groups excluding carboxylic acids is 1. The maximum atomic E-state index is 10.7. The first-order valence-corrected chi connectivity index (χ1v) is 3.82. The van der Waals surface area contributed by atoms with Crippen LogP contribution in [0.25, 0.3) is 0 Å². The van der Waals surface area contributed by atoms with Crippen LogP contribution in [-0.2, 0) is 4.79 Å². The average molecular weight is 138 g/mol. The summed E-state index contributed by atoms with van der Waals surface area (Å²) in [5.74, 6) is 0. The van der Waals surface area contributed by atoms with Crippen molar-refractivity contribution in [3.63, 3.8) is 0 Å². The van der Waals surface area contributed by atoms with Gasteiger partial charge in [0, 0.05) is 5.41 Å². The standard InChI is InChI=1S/C9H14O/c1-8-5-3-4-6-9(8,2)7-10/h5,7H,3-4,6H2,1-2H3/t9-/m0/s1. The Balaban J connectivity index is 2.84. The highest BCUT2D eigenvalue weighted by molar-refractivity contribution is 5.64. The Bertz CT molecular complexity index is 170. The van der Waals surface area contributed by atoms with Crippen LogP contribution in [-0.4, -0.2) is 6.29 Å². The monoisotopic (exact) mass is 138 g/mol. The predicted molar refractivity (Wildman–Crippen MR) is 41.8 cm³/mol. The zero-order chi connectivity index (χ0) is 7.61. The topological polar surface area (TPSA) is 17.1 Å². The van der Waals surface area contributed by atoms with Gasteiger partial charge in [0.15, 0.2) is 0 Å². The number of rotatable bonds is 1. The summed E-state index contributed by atoms with van der Waals surface area (Å²) in [6.07, 6.45) is 6.59. The second-order valence-corrected chi connectivity index (χ2v) is 3.31. The molecule has 1 heteroatoms. The fourth-order valence-corrected chi connectivity index (χ4v) is 1.37. The van der Waals surface area contributed by atoms with Crippen molar-refractivity contribution in [2.75, 3.05) is 0 Å². The minimum absolute atomic E-state index is 0.141. The molecular weight excluding hydrogens is 124 g/mol. The lowest BCUT2D eigenvalue weighted by molar-refractivity contribution is -0.114. The molecule has 1 rings (SSSR count). The van der Waals surface area contributed by atoms with E-state index < -0.39 is 0 Å². The van der Waals surface area contributed by atoms with Crippen LogP contribution in [0.15, 0.2) is 11.6 Å². The van der Waals surface area contributed by atoms with Crippen LogP contribution in [0.2, 0.25) is 0 Å². The van der Waals surface area contributed by atoms with Gasteiger partial charge in [0.05, 0.1) is 0 Å². The Hall–Kier alpha value is -0.590. The van der Waals surface area contributed by atoms with Gasteiger partial charge in [-0.15, -0.1) is 0 Å². The van der Waals surface area contributed by atoms with Gasteiger partial charge in [-0.3, -0.25) is 0 Å². The third-order valence-electron chi connectivity index (χ3n) is 2.51. The minimum atomic E-state index is -0.141. The van der Waals surface area contributed by atoms with Gasteiger partial charge >= 0.3 is 0 Å². The molecule has 0 N–H and O–H groups in total. The van der Waals surface area contributed by atoms with Gasteiger partial charge in [-0.25, -0.2) is 0 Å². The molecule has 56 valence electrons. The first kappa shape index (κ1) is 7.52. The van der Waals surface area contributed by atoms with Crippen molar-refractivity contribution >= 4 is 6.29 Å². The summed E-state index contributed by atoms with van der Waals surface area (Å²) in [5.41, 5.74) is 1.10. The molecule has 1 aliphatic rings. The minimum Gasteiger partial charge on any atom is -0.302 e. The van der Waals surface area contributed by atoms with E-state index in [9.17, 15) is 4.79 Å².